The number of hydrogen-bond donors (Lipinski definition) is 3. The Morgan fingerprint density at radius 1 is 1.28 bits per heavy atom. The molecule has 2 aromatic rings. The molecule has 0 aliphatic carbocycles. The number of aryl methyl sites for hydroxylation is 2. The van der Waals surface area contributed by atoms with Crippen LogP contribution in [0.1, 0.15) is 17.3 Å². The van der Waals surface area contributed by atoms with Gasteiger partial charge in [-0.2, -0.15) is 0 Å². The second-order valence-electron chi connectivity index (χ2n) is 5.75. The summed E-state index contributed by atoms with van der Waals surface area (Å²) in [6.45, 7) is 4.31. The summed E-state index contributed by atoms with van der Waals surface area (Å²) >= 11 is 0. The number of rotatable bonds is 8. The number of hydrogen-bond acceptors (Lipinski definition) is 7. The van der Waals surface area contributed by atoms with Gasteiger partial charge in [-0.05, 0) is 19.9 Å². The summed E-state index contributed by atoms with van der Waals surface area (Å²) in [5, 5.41) is 16.7. The zero-order valence-electron chi connectivity index (χ0n) is 16.1. The maximum absolute atomic E-state index is 12.2. The summed E-state index contributed by atoms with van der Waals surface area (Å²) < 4.78 is 32.3. The summed E-state index contributed by atoms with van der Waals surface area (Å²) in [6, 6.07) is 4.86. The Hall–Kier alpha value is -2.26. The van der Waals surface area contributed by atoms with Gasteiger partial charge in [0.15, 0.2) is 5.96 Å². The predicted octanol–water partition coefficient (Wildman–Crippen LogP) is 1.46. The molecule has 0 aliphatic rings. The molecule has 0 radical (unpaired) electrons. The number of aromatic nitrogens is 1. The Morgan fingerprint density at radius 2 is 2.00 bits per heavy atom. The van der Waals surface area contributed by atoms with Gasteiger partial charge in [-0.3, -0.25) is 15.1 Å². The van der Waals surface area contributed by atoms with Gasteiger partial charge >= 0.3 is 0 Å². The van der Waals surface area contributed by atoms with Crippen LogP contribution < -0.4 is 15.4 Å². The Kier molecular flexibility index (Phi) is 9.45. The van der Waals surface area contributed by atoms with Gasteiger partial charge in [0.05, 0.1) is 22.1 Å². The molecule has 0 fully saturated rings. The maximum Gasteiger partial charge on any atom is 0.270 e. The predicted molar refractivity (Wildman–Crippen MR) is 118 cm³/mol. The fraction of sp³-hybridized carbons (Fsp3) is 0.375. The normalized spacial score (nSPS) is 11.6. The van der Waals surface area contributed by atoms with Crippen molar-refractivity contribution in [2.24, 2.45) is 4.99 Å². The highest BCUT2D eigenvalue weighted by Gasteiger charge is 2.17. The molecule has 0 saturated heterocycles. The smallest absolute Gasteiger partial charge is 0.270 e. The summed E-state index contributed by atoms with van der Waals surface area (Å²) in [4.78, 5) is 18.2. The minimum Gasteiger partial charge on any atom is -0.444 e. The number of nitrogens with zero attached hydrogens (tertiary/aromatic N) is 3. The molecule has 11 nitrogen and oxygen atoms in total. The molecule has 0 aliphatic heterocycles. The van der Waals surface area contributed by atoms with Crippen LogP contribution >= 0.6 is 24.0 Å². The number of nitrogens with one attached hydrogen (secondary N) is 3. The zero-order chi connectivity index (χ0) is 20.7. The fourth-order valence-electron chi connectivity index (χ4n) is 2.21. The lowest BCUT2D eigenvalue weighted by Crippen LogP contribution is -2.41. The van der Waals surface area contributed by atoms with Crippen molar-refractivity contribution in [2.45, 2.75) is 25.3 Å². The summed E-state index contributed by atoms with van der Waals surface area (Å²) in [6.07, 6.45) is 0. The molecule has 1 heterocycles. The third kappa shape index (κ3) is 7.25. The average Bonchev–Trinajstić information content (AvgIpc) is 2.99. The van der Waals surface area contributed by atoms with Gasteiger partial charge in [0.2, 0.25) is 15.9 Å². The quantitative estimate of drug-likeness (QED) is 0.114. The lowest BCUT2D eigenvalue weighted by atomic mass is 10.3. The van der Waals surface area contributed by atoms with Gasteiger partial charge in [0.25, 0.3) is 5.69 Å². The van der Waals surface area contributed by atoms with Crippen LogP contribution in [0.5, 0.6) is 0 Å². The van der Waals surface area contributed by atoms with Gasteiger partial charge < -0.3 is 15.1 Å². The SMILES string of the molecule is CN=C(NCCNS(=O)(=O)c1cccc([N+](=O)[O-])c1)NCc1nc(C)c(C)o1.I. The van der Waals surface area contributed by atoms with Crippen molar-refractivity contribution in [1.29, 1.82) is 0 Å². The molecule has 160 valence electrons. The van der Waals surface area contributed by atoms with Crippen LogP contribution in [-0.2, 0) is 16.6 Å². The van der Waals surface area contributed by atoms with Crippen molar-refractivity contribution in [3.63, 3.8) is 0 Å². The van der Waals surface area contributed by atoms with Gasteiger partial charge in [0, 0.05) is 32.3 Å². The van der Waals surface area contributed by atoms with E-state index in [1.165, 1.54) is 18.2 Å². The molecule has 29 heavy (non-hydrogen) atoms. The maximum atomic E-state index is 12.2. The number of nitro benzene ring substituents is 1. The fourth-order valence-corrected chi connectivity index (χ4v) is 3.28. The first-order valence-corrected chi connectivity index (χ1v) is 9.83. The first-order chi connectivity index (χ1) is 13.2. The second-order valence-corrected chi connectivity index (χ2v) is 7.52. The van der Waals surface area contributed by atoms with E-state index in [1.54, 1.807) is 7.05 Å². The van der Waals surface area contributed by atoms with Crippen molar-refractivity contribution in [3.8, 4) is 0 Å². The summed E-state index contributed by atoms with van der Waals surface area (Å²) in [7, 11) is -2.28. The largest absolute Gasteiger partial charge is 0.444 e. The van der Waals surface area contributed by atoms with Gasteiger partial charge in [-0.25, -0.2) is 18.1 Å². The molecule has 0 unspecified atom stereocenters. The summed E-state index contributed by atoms with van der Waals surface area (Å²) in [5.74, 6) is 1.71. The minimum atomic E-state index is -3.86. The zero-order valence-corrected chi connectivity index (χ0v) is 19.3. The molecule has 1 aromatic heterocycles. The average molecular weight is 538 g/mol. The van der Waals surface area contributed by atoms with Crippen molar-refractivity contribution < 1.29 is 17.8 Å². The van der Waals surface area contributed by atoms with Crippen molar-refractivity contribution in [2.75, 3.05) is 20.1 Å². The van der Waals surface area contributed by atoms with Gasteiger partial charge in [0.1, 0.15) is 5.76 Å². The minimum absolute atomic E-state index is 0. The van der Waals surface area contributed by atoms with E-state index in [0.29, 0.717) is 18.4 Å². The number of sulfonamides is 1. The number of aliphatic imine (C=N–C) groups is 1. The number of nitro groups is 1. The van der Waals surface area contributed by atoms with Crippen LogP contribution in [0.2, 0.25) is 0 Å². The number of halogens is 1. The molecule has 0 amide bonds. The molecule has 0 atom stereocenters. The van der Waals surface area contributed by atoms with E-state index >= 15 is 0 Å². The van der Waals surface area contributed by atoms with Crippen LogP contribution in [0.3, 0.4) is 0 Å². The topological polar surface area (TPSA) is 152 Å². The second kappa shape index (κ2) is 11.1. The van der Waals surface area contributed by atoms with Crippen LogP contribution in [0.4, 0.5) is 5.69 Å². The lowest BCUT2D eigenvalue weighted by molar-refractivity contribution is -0.385. The molecule has 13 heteroatoms. The van der Waals surface area contributed by atoms with E-state index in [-0.39, 0.29) is 47.6 Å². The Morgan fingerprint density at radius 3 is 2.59 bits per heavy atom. The van der Waals surface area contributed by atoms with E-state index in [0.717, 1.165) is 17.5 Å². The highest BCUT2D eigenvalue weighted by molar-refractivity contribution is 14.0. The van der Waals surface area contributed by atoms with E-state index < -0.39 is 14.9 Å². The van der Waals surface area contributed by atoms with Crippen molar-refractivity contribution >= 4 is 45.6 Å². The van der Waals surface area contributed by atoms with Gasteiger partial charge in [-0.1, -0.05) is 6.07 Å². The highest BCUT2D eigenvalue weighted by atomic mass is 127. The molecular weight excluding hydrogens is 515 g/mol. The Bertz CT molecular complexity index is 956. The highest BCUT2D eigenvalue weighted by Crippen LogP contribution is 2.16. The first kappa shape index (κ1) is 24.8. The number of benzene rings is 1. The van der Waals surface area contributed by atoms with Crippen molar-refractivity contribution in [1.82, 2.24) is 20.3 Å². The number of guanidine groups is 1. The van der Waals surface area contributed by atoms with E-state index in [2.05, 4.69) is 25.3 Å². The molecule has 2 rings (SSSR count). The van der Waals surface area contributed by atoms with E-state index in [1.807, 2.05) is 13.8 Å². The molecule has 3 N–H and O–H groups in total. The standard InChI is InChI=1S/C16H22N6O5S.HI/c1-11-12(2)27-15(21-11)10-19-16(17-3)18-7-8-20-28(25,26)14-6-4-5-13(9-14)22(23)24;/h4-6,9,20H,7-8,10H2,1-3H3,(H2,17,18,19);1H. The van der Waals surface area contributed by atoms with Gasteiger partial charge in [-0.15, -0.1) is 24.0 Å². The van der Waals surface area contributed by atoms with Crippen LogP contribution in [0.15, 0.2) is 38.6 Å². The Balaban J connectivity index is 0.00000420. The van der Waals surface area contributed by atoms with E-state index in [9.17, 15) is 18.5 Å². The number of non-ortho nitro benzene ring substituents is 1. The molecular formula is C16H23IN6O5S. The first-order valence-electron chi connectivity index (χ1n) is 8.34. The van der Waals surface area contributed by atoms with Crippen LogP contribution in [-0.4, -0.2) is 44.4 Å². The lowest BCUT2D eigenvalue weighted by Gasteiger charge is -2.11. The van der Waals surface area contributed by atoms with Crippen LogP contribution in [0.25, 0.3) is 0 Å². The number of oxazole rings is 1. The Labute approximate surface area is 185 Å². The van der Waals surface area contributed by atoms with E-state index in [4.69, 9.17) is 4.42 Å². The molecule has 0 spiro atoms. The third-order valence-electron chi connectivity index (χ3n) is 3.75. The summed E-state index contributed by atoms with van der Waals surface area (Å²) in [5.41, 5.74) is 0.526. The third-order valence-corrected chi connectivity index (χ3v) is 5.21. The molecule has 0 saturated carbocycles. The van der Waals surface area contributed by atoms with Crippen molar-refractivity contribution in [3.05, 3.63) is 51.7 Å². The molecule has 0 bridgehead atoms. The molecule has 1 aromatic carbocycles. The monoisotopic (exact) mass is 538 g/mol. The van der Waals surface area contributed by atoms with Crippen LogP contribution in [0, 0.1) is 24.0 Å².